The van der Waals surface area contributed by atoms with E-state index in [9.17, 15) is 4.21 Å². The van der Waals surface area contributed by atoms with Gasteiger partial charge in [0.2, 0.25) is 0 Å². The summed E-state index contributed by atoms with van der Waals surface area (Å²) in [7, 11) is -2.69. The van der Waals surface area contributed by atoms with Crippen LogP contribution >= 0.6 is 11.3 Å². The molecule has 24 heavy (non-hydrogen) atoms. The number of thiophene rings is 1. The van der Waals surface area contributed by atoms with Gasteiger partial charge in [0.05, 0.1) is 18.9 Å². The summed E-state index contributed by atoms with van der Waals surface area (Å²) in [5, 5.41) is 1.11. The van der Waals surface area contributed by atoms with Crippen LogP contribution in [0.15, 0.2) is 69.2 Å². The van der Waals surface area contributed by atoms with Crippen molar-refractivity contribution < 1.29 is 8.95 Å². The summed E-state index contributed by atoms with van der Waals surface area (Å²) < 4.78 is 28.0. The van der Waals surface area contributed by atoms with E-state index in [4.69, 9.17) is 4.74 Å². The SMILES string of the molecule is O=S(=Nc1ccccc1)(c1cc2ccccc2s1)N1CCOCC1. The highest BCUT2D eigenvalue weighted by Gasteiger charge is 2.26. The van der Waals surface area contributed by atoms with Crippen LogP contribution in [0.25, 0.3) is 10.1 Å². The third-order valence-corrected chi connectivity index (χ3v) is 7.95. The Kier molecular flexibility index (Phi) is 4.37. The molecule has 1 aliphatic heterocycles. The van der Waals surface area contributed by atoms with Gasteiger partial charge in [0.1, 0.15) is 4.21 Å². The van der Waals surface area contributed by atoms with Gasteiger partial charge in [0.15, 0.2) is 9.92 Å². The lowest BCUT2D eigenvalue weighted by Gasteiger charge is -2.28. The van der Waals surface area contributed by atoms with Gasteiger partial charge in [-0.05, 0) is 29.7 Å². The van der Waals surface area contributed by atoms with E-state index < -0.39 is 9.92 Å². The van der Waals surface area contributed by atoms with E-state index in [0.717, 1.165) is 20.0 Å². The summed E-state index contributed by atoms with van der Waals surface area (Å²) in [6.45, 7) is 2.44. The molecule has 6 heteroatoms. The van der Waals surface area contributed by atoms with E-state index in [-0.39, 0.29) is 0 Å². The van der Waals surface area contributed by atoms with Gasteiger partial charge in [-0.1, -0.05) is 36.4 Å². The first-order valence-corrected chi connectivity index (χ1v) is 10.2. The zero-order valence-electron chi connectivity index (χ0n) is 13.1. The Hall–Kier alpha value is -1.73. The zero-order valence-corrected chi connectivity index (χ0v) is 14.8. The summed E-state index contributed by atoms with van der Waals surface area (Å²) in [6, 6.07) is 19.7. The lowest BCUT2D eigenvalue weighted by Crippen LogP contribution is -2.40. The van der Waals surface area contributed by atoms with Gasteiger partial charge in [-0.2, -0.15) is 4.36 Å². The molecule has 3 aromatic rings. The average molecular weight is 358 g/mol. The fourth-order valence-corrected chi connectivity index (χ4v) is 6.46. The smallest absolute Gasteiger partial charge is 0.154 e. The molecule has 1 fully saturated rings. The van der Waals surface area contributed by atoms with Crippen LogP contribution in [0.1, 0.15) is 0 Å². The standard InChI is InChI=1S/C18H18N2O2S2/c21-24(20-10-12-22-13-11-20,19-16-7-2-1-3-8-16)18-14-15-6-4-5-9-17(15)23-18/h1-9,14H,10-13H2. The Morgan fingerprint density at radius 2 is 1.71 bits per heavy atom. The number of rotatable bonds is 3. The molecule has 1 saturated heterocycles. The summed E-state index contributed by atoms with van der Waals surface area (Å²) in [5.41, 5.74) is 0.742. The van der Waals surface area contributed by atoms with Crippen LogP contribution in [0.2, 0.25) is 0 Å². The molecular formula is C18H18N2O2S2. The summed E-state index contributed by atoms with van der Waals surface area (Å²) in [6.07, 6.45) is 0. The third kappa shape index (κ3) is 2.98. The summed E-state index contributed by atoms with van der Waals surface area (Å²) in [4.78, 5) is 0. The maximum atomic E-state index is 14.0. The van der Waals surface area contributed by atoms with Crippen molar-refractivity contribution in [1.29, 1.82) is 0 Å². The van der Waals surface area contributed by atoms with Crippen molar-refractivity contribution in [3.63, 3.8) is 0 Å². The number of ether oxygens (including phenoxy) is 1. The van der Waals surface area contributed by atoms with Crippen molar-refractivity contribution in [2.45, 2.75) is 4.21 Å². The average Bonchev–Trinajstić information content (AvgIpc) is 3.08. The predicted octanol–water partition coefficient (Wildman–Crippen LogP) is 4.31. The first-order valence-electron chi connectivity index (χ1n) is 7.89. The molecule has 1 aliphatic rings. The Bertz CT molecular complexity index is 920. The third-order valence-electron chi connectivity index (χ3n) is 3.97. The largest absolute Gasteiger partial charge is 0.379 e. The van der Waals surface area contributed by atoms with Gasteiger partial charge in [-0.15, -0.1) is 11.3 Å². The molecule has 1 unspecified atom stereocenters. The zero-order chi connectivity index (χ0) is 16.4. The van der Waals surface area contributed by atoms with E-state index in [2.05, 4.69) is 16.5 Å². The molecule has 0 amide bonds. The normalized spacial score (nSPS) is 18.3. The van der Waals surface area contributed by atoms with Crippen LogP contribution in [0.5, 0.6) is 0 Å². The second kappa shape index (κ2) is 6.64. The molecule has 0 spiro atoms. The maximum Gasteiger partial charge on any atom is 0.154 e. The van der Waals surface area contributed by atoms with E-state index in [1.165, 1.54) is 0 Å². The summed E-state index contributed by atoms with van der Waals surface area (Å²) >= 11 is 1.57. The van der Waals surface area contributed by atoms with Crippen LogP contribution in [0.4, 0.5) is 5.69 Å². The Morgan fingerprint density at radius 1 is 1.00 bits per heavy atom. The lowest BCUT2D eigenvalue weighted by atomic mass is 10.3. The number of hydrogen-bond donors (Lipinski definition) is 0. The minimum Gasteiger partial charge on any atom is -0.379 e. The molecule has 0 N–H and O–H groups in total. The lowest BCUT2D eigenvalue weighted by molar-refractivity contribution is 0.0746. The van der Waals surface area contributed by atoms with Crippen LogP contribution < -0.4 is 0 Å². The van der Waals surface area contributed by atoms with Gasteiger partial charge >= 0.3 is 0 Å². The van der Waals surface area contributed by atoms with Gasteiger partial charge < -0.3 is 4.74 Å². The minimum atomic E-state index is -2.69. The highest BCUT2D eigenvalue weighted by molar-refractivity contribution is 7.93. The molecule has 1 aromatic heterocycles. The molecule has 0 radical (unpaired) electrons. The molecular weight excluding hydrogens is 340 g/mol. The van der Waals surface area contributed by atoms with E-state index in [0.29, 0.717) is 26.3 Å². The Balaban J connectivity index is 1.89. The van der Waals surface area contributed by atoms with Crippen molar-refractivity contribution in [3.05, 3.63) is 60.7 Å². The number of nitrogens with zero attached hydrogens (tertiary/aromatic N) is 2. The van der Waals surface area contributed by atoms with Gasteiger partial charge in [0.25, 0.3) is 0 Å². The second-order valence-corrected chi connectivity index (χ2v) is 9.04. The maximum absolute atomic E-state index is 14.0. The minimum absolute atomic E-state index is 0.589. The molecule has 0 bridgehead atoms. The van der Waals surface area contributed by atoms with Crippen molar-refractivity contribution >= 4 is 37.0 Å². The van der Waals surface area contributed by atoms with E-state index in [1.54, 1.807) is 11.3 Å². The quantitative estimate of drug-likeness (QED) is 0.700. The molecule has 2 heterocycles. The Labute approximate surface area is 146 Å². The van der Waals surface area contributed by atoms with Crippen LogP contribution in [-0.4, -0.2) is 34.8 Å². The van der Waals surface area contributed by atoms with Gasteiger partial charge in [-0.25, -0.2) is 8.51 Å². The Morgan fingerprint density at radius 3 is 2.46 bits per heavy atom. The van der Waals surface area contributed by atoms with Crippen LogP contribution in [-0.2, 0) is 14.7 Å². The monoisotopic (exact) mass is 358 g/mol. The highest BCUT2D eigenvalue weighted by Crippen LogP contribution is 2.34. The molecule has 4 nitrogen and oxygen atoms in total. The van der Waals surface area contributed by atoms with E-state index >= 15 is 0 Å². The highest BCUT2D eigenvalue weighted by atomic mass is 32.2. The predicted molar refractivity (Wildman–Crippen MR) is 99.2 cm³/mol. The number of hydrogen-bond acceptors (Lipinski definition) is 4. The first-order chi connectivity index (χ1) is 11.8. The topological polar surface area (TPSA) is 41.9 Å². The second-order valence-electron chi connectivity index (χ2n) is 5.57. The van der Waals surface area contributed by atoms with Gasteiger partial charge in [0, 0.05) is 17.8 Å². The molecule has 0 saturated carbocycles. The molecule has 2 aromatic carbocycles. The molecule has 1 atom stereocenters. The molecule has 124 valence electrons. The fourth-order valence-electron chi connectivity index (χ4n) is 2.74. The fraction of sp³-hybridized carbons (Fsp3) is 0.222. The van der Waals surface area contributed by atoms with Crippen molar-refractivity contribution in [1.82, 2.24) is 4.31 Å². The number of fused-ring (bicyclic) bond motifs is 1. The number of benzene rings is 2. The van der Waals surface area contributed by atoms with E-state index in [1.807, 2.05) is 52.8 Å². The van der Waals surface area contributed by atoms with Crippen molar-refractivity contribution in [3.8, 4) is 0 Å². The van der Waals surface area contributed by atoms with Crippen molar-refractivity contribution in [2.75, 3.05) is 26.3 Å². The molecule has 4 rings (SSSR count). The van der Waals surface area contributed by atoms with Crippen LogP contribution in [0, 0.1) is 0 Å². The number of morpholine rings is 1. The van der Waals surface area contributed by atoms with Gasteiger partial charge in [-0.3, -0.25) is 0 Å². The van der Waals surface area contributed by atoms with Crippen molar-refractivity contribution in [2.24, 2.45) is 4.36 Å². The summed E-state index contributed by atoms with van der Waals surface area (Å²) in [5.74, 6) is 0. The van der Waals surface area contributed by atoms with Crippen LogP contribution in [0.3, 0.4) is 0 Å². The molecule has 0 aliphatic carbocycles. The first kappa shape index (κ1) is 15.8.